The number of rotatable bonds is 5. The van der Waals surface area contributed by atoms with Crippen LogP contribution >= 0.6 is 0 Å². The summed E-state index contributed by atoms with van der Waals surface area (Å²) in [7, 11) is 0. The molecule has 2 N–H and O–H groups in total. The Hall–Kier alpha value is -2.02. The Morgan fingerprint density at radius 3 is 2.73 bits per heavy atom. The molecule has 2 rings (SSSR count). The van der Waals surface area contributed by atoms with Crippen LogP contribution in [0, 0.1) is 19.8 Å². The largest absolute Gasteiger partial charge is 0.388 e. The Morgan fingerprint density at radius 1 is 1.41 bits per heavy atom. The molecule has 0 bridgehead atoms. The van der Waals surface area contributed by atoms with Crippen LogP contribution in [-0.4, -0.2) is 42.7 Å². The molecule has 0 aliphatic rings. The quantitative estimate of drug-likeness (QED) is 0.852. The average Bonchev–Trinajstić information content (AvgIpc) is 2.79. The summed E-state index contributed by atoms with van der Waals surface area (Å²) in [6, 6.07) is 1.91. The lowest BCUT2D eigenvalue weighted by Gasteiger charge is -2.27. The van der Waals surface area contributed by atoms with E-state index in [-0.39, 0.29) is 24.8 Å². The number of nitrogens with one attached hydrogen (secondary N) is 1. The van der Waals surface area contributed by atoms with Gasteiger partial charge in [-0.15, -0.1) is 5.10 Å². The zero-order valence-corrected chi connectivity index (χ0v) is 13.7. The summed E-state index contributed by atoms with van der Waals surface area (Å²) in [6.07, 6.45) is 0.0655. The van der Waals surface area contributed by atoms with Crippen LogP contribution in [0.4, 0.5) is 0 Å². The minimum absolute atomic E-state index is 0.0518. The van der Waals surface area contributed by atoms with E-state index in [9.17, 15) is 9.90 Å². The van der Waals surface area contributed by atoms with Gasteiger partial charge in [-0.2, -0.15) is 4.98 Å². The summed E-state index contributed by atoms with van der Waals surface area (Å²) in [5, 5.41) is 17.1. The van der Waals surface area contributed by atoms with Gasteiger partial charge in [-0.05, 0) is 32.8 Å². The molecule has 0 aromatic carbocycles. The monoisotopic (exact) mass is 305 g/mol. The van der Waals surface area contributed by atoms with Gasteiger partial charge in [0.05, 0.1) is 12.0 Å². The molecule has 1 amide bonds. The Bertz CT molecular complexity index is 691. The van der Waals surface area contributed by atoms with Gasteiger partial charge in [0.1, 0.15) is 0 Å². The van der Waals surface area contributed by atoms with Crippen molar-refractivity contribution in [2.24, 2.45) is 5.92 Å². The van der Waals surface area contributed by atoms with Crippen molar-refractivity contribution in [3.05, 3.63) is 23.3 Å². The fraction of sp³-hybridized carbons (Fsp3) is 0.600. The van der Waals surface area contributed by atoms with Crippen molar-refractivity contribution in [2.75, 3.05) is 6.54 Å². The molecule has 2 heterocycles. The first-order valence-electron chi connectivity index (χ1n) is 7.38. The van der Waals surface area contributed by atoms with E-state index < -0.39 is 5.60 Å². The second kappa shape index (κ2) is 6.00. The summed E-state index contributed by atoms with van der Waals surface area (Å²) in [5.41, 5.74) is 0.850. The molecule has 120 valence electrons. The smallest absolute Gasteiger partial charge is 0.252 e. The second-order valence-corrected chi connectivity index (χ2v) is 6.24. The van der Waals surface area contributed by atoms with Crippen molar-refractivity contribution < 1.29 is 9.90 Å². The lowest BCUT2D eigenvalue weighted by Crippen LogP contribution is -2.44. The van der Waals surface area contributed by atoms with Gasteiger partial charge in [-0.3, -0.25) is 4.79 Å². The van der Waals surface area contributed by atoms with E-state index in [4.69, 9.17) is 0 Å². The highest BCUT2D eigenvalue weighted by atomic mass is 16.3. The molecule has 0 aliphatic carbocycles. The molecule has 2 aromatic heterocycles. The van der Waals surface area contributed by atoms with Gasteiger partial charge in [0.25, 0.3) is 5.78 Å². The molecule has 1 unspecified atom stereocenters. The lowest BCUT2D eigenvalue weighted by molar-refractivity contribution is -0.122. The highest BCUT2D eigenvalue weighted by Crippen LogP contribution is 2.14. The van der Waals surface area contributed by atoms with E-state index in [2.05, 4.69) is 20.4 Å². The van der Waals surface area contributed by atoms with E-state index in [0.717, 1.165) is 11.4 Å². The minimum atomic E-state index is -0.933. The Morgan fingerprint density at radius 2 is 2.09 bits per heavy atom. The number of amides is 1. The maximum Gasteiger partial charge on any atom is 0.252 e. The minimum Gasteiger partial charge on any atom is -0.388 e. The van der Waals surface area contributed by atoms with E-state index >= 15 is 0 Å². The number of nitrogens with zero attached hydrogens (tertiary/aromatic N) is 4. The zero-order chi connectivity index (χ0) is 16.5. The van der Waals surface area contributed by atoms with Crippen LogP contribution in [0.2, 0.25) is 0 Å². The maximum atomic E-state index is 12.0. The highest BCUT2D eigenvalue weighted by molar-refractivity contribution is 5.77. The first-order valence-corrected chi connectivity index (χ1v) is 7.38. The standard InChI is InChI=1S/C15H23N5O2/c1-9(2)15(5,22)8-16-13(21)7-12-18-14-17-10(3)6-11(4)20(14)19-12/h6,9,22H,7-8H2,1-5H3,(H,16,21). The third kappa shape index (κ3) is 3.59. The summed E-state index contributed by atoms with van der Waals surface area (Å²) < 4.78 is 1.62. The Kier molecular flexibility index (Phi) is 4.46. The number of hydrogen-bond donors (Lipinski definition) is 2. The molecule has 0 saturated carbocycles. The molecular weight excluding hydrogens is 282 g/mol. The Balaban J connectivity index is 2.05. The van der Waals surface area contributed by atoms with Crippen molar-refractivity contribution in [1.82, 2.24) is 24.9 Å². The van der Waals surface area contributed by atoms with Gasteiger partial charge >= 0.3 is 0 Å². The van der Waals surface area contributed by atoms with Gasteiger partial charge < -0.3 is 10.4 Å². The maximum absolute atomic E-state index is 12.0. The molecule has 0 fully saturated rings. The molecule has 1 atom stereocenters. The second-order valence-electron chi connectivity index (χ2n) is 6.24. The summed E-state index contributed by atoms with van der Waals surface area (Å²) in [4.78, 5) is 20.5. The number of aliphatic hydroxyl groups is 1. The van der Waals surface area contributed by atoms with Gasteiger partial charge in [0.15, 0.2) is 5.82 Å². The molecule has 7 heteroatoms. The van der Waals surface area contributed by atoms with Crippen LogP contribution < -0.4 is 5.32 Å². The van der Waals surface area contributed by atoms with Crippen LogP contribution in [0.25, 0.3) is 5.78 Å². The molecule has 0 spiro atoms. The predicted molar refractivity (Wildman–Crippen MR) is 82.4 cm³/mol. The molecule has 2 aromatic rings. The molecular formula is C15H23N5O2. The van der Waals surface area contributed by atoms with Crippen LogP contribution in [-0.2, 0) is 11.2 Å². The number of aryl methyl sites for hydroxylation is 2. The summed E-state index contributed by atoms with van der Waals surface area (Å²) >= 11 is 0. The number of carbonyl (C=O) groups is 1. The SMILES string of the molecule is Cc1cc(C)n2nc(CC(=O)NCC(C)(O)C(C)C)nc2n1. The van der Waals surface area contributed by atoms with Gasteiger partial charge in [-0.25, -0.2) is 9.50 Å². The van der Waals surface area contributed by atoms with E-state index in [1.54, 1.807) is 11.4 Å². The topological polar surface area (TPSA) is 92.4 Å². The average molecular weight is 305 g/mol. The van der Waals surface area contributed by atoms with Gasteiger partial charge in [-0.1, -0.05) is 13.8 Å². The fourth-order valence-electron chi connectivity index (χ4n) is 1.97. The molecule has 0 aliphatic heterocycles. The Labute approximate surface area is 129 Å². The summed E-state index contributed by atoms with van der Waals surface area (Å²) in [6.45, 7) is 9.53. The molecule has 0 radical (unpaired) electrons. The van der Waals surface area contributed by atoms with Crippen LogP contribution in [0.15, 0.2) is 6.07 Å². The third-order valence-corrected chi connectivity index (χ3v) is 3.87. The fourth-order valence-corrected chi connectivity index (χ4v) is 1.97. The van der Waals surface area contributed by atoms with Gasteiger partial charge in [0, 0.05) is 17.9 Å². The van der Waals surface area contributed by atoms with Crippen molar-refractivity contribution in [3.8, 4) is 0 Å². The number of hydrogen-bond acceptors (Lipinski definition) is 5. The van der Waals surface area contributed by atoms with E-state index in [0.29, 0.717) is 11.6 Å². The van der Waals surface area contributed by atoms with Crippen LogP contribution in [0.3, 0.4) is 0 Å². The normalized spacial score (nSPS) is 14.3. The van der Waals surface area contributed by atoms with Crippen molar-refractivity contribution >= 4 is 11.7 Å². The van der Waals surface area contributed by atoms with Crippen LogP contribution in [0.5, 0.6) is 0 Å². The molecule has 7 nitrogen and oxygen atoms in total. The molecule has 0 saturated heterocycles. The predicted octanol–water partition coefficient (Wildman–Crippen LogP) is 0.807. The van der Waals surface area contributed by atoms with Crippen molar-refractivity contribution in [1.29, 1.82) is 0 Å². The first-order chi connectivity index (χ1) is 10.2. The summed E-state index contributed by atoms with van der Waals surface area (Å²) in [5.74, 6) is 0.750. The van der Waals surface area contributed by atoms with Crippen molar-refractivity contribution in [3.63, 3.8) is 0 Å². The van der Waals surface area contributed by atoms with Gasteiger partial charge in [0.2, 0.25) is 5.91 Å². The zero-order valence-electron chi connectivity index (χ0n) is 13.7. The van der Waals surface area contributed by atoms with E-state index in [1.807, 2.05) is 33.8 Å². The number of carbonyl (C=O) groups excluding carboxylic acids is 1. The number of fused-ring (bicyclic) bond motifs is 1. The van der Waals surface area contributed by atoms with Crippen molar-refractivity contribution in [2.45, 2.75) is 46.6 Å². The first kappa shape index (κ1) is 16.4. The number of aromatic nitrogens is 4. The van der Waals surface area contributed by atoms with Crippen LogP contribution in [0.1, 0.15) is 38.0 Å². The lowest BCUT2D eigenvalue weighted by atomic mass is 9.92. The highest BCUT2D eigenvalue weighted by Gasteiger charge is 2.25. The molecule has 22 heavy (non-hydrogen) atoms. The third-order valence-electron chi connectivity index (χ3n) is 3.87. The van der Waals surface area contributed by atoms with E-state index in [1.165, 1.54) is 0 Å².